The van der Waals surface area contributed by atoms with Crippen molar-refractivity contribution in [1.29, 1.82) is 0 Å². The van der Waals surface area contributed by atoms with Gasteiger partial charge in [-0.3, -0.25) is 4.79 Å². The van der Waals surface area contributed by atoms with Crippen LogP contribution >= 0.6 is 0 Å². The van der Waals surface area contributed by atoms with Gasteiger partial charge in [0.2, 0.25) is 0 Å². The van der Waals surface area contributed by atoms with E-state index in [1.165, 1.54) is 0 Å². The second kappa shape index (κ2) is 4.43. The van der Waals surface area contributed by atoms with E-state index in [4.69, 9.17) is 9.90 Å². The Kier molecular flexibility index (Phi) is 8.03. The Hall–Kier alpha value is 0.430. The van der Waals surface area contributed by atoms with Crippen molar-refractivity contribution in [2.45, 2.75) is 0 Å². The van der Waals surface area contributed by atoms with Crippen LogP contribution in [0.1, 0.15) is 0 Å². The molecule has 0 spiro atoms. The summed E-state index contributed by atoms with van der Waals surface area (Å²) in [6.07, 6.45) is 0. The predicted octanol–water partition coefficient (Wildman–Crippen LogP) is 0.209. The van der Waals surface area contributed by atoms with Gasteiger partial charge < -0.3 is 17.7 Å². The third-order valence-corrected chi connectivity index (χ3v) is 0. The summed E-state index contributed by atoms with van der Waals surface area (Å²) in [6.45, 7) is 0. The smallest absolute Gasteiger partial charge is 0.698 e. The number of hydrogen-bond acceptors (Lipinski definition) is 2. The normalized spacial score (nSPS) is 4.80. The molecule has 0 fully saturated rings. The van der Waals surface area contributed by atoms with Gasteiger partial charge >= 0.3 is 22.4 Å². The Morgan fingerprint density at radius 3 is 1.80 bits per heavy atom. The molecule has 0 atom stereocenters. The molecule has 5 heavy (non-hydrogen) atoms. The van der Waals surface area contributed by atoms with Crippen molar-refractivity contribution in [3.63, 3.8) is 0 Å². The van der Waals surface area contributed by atoms with Crippen molar-refractivity contribution in [3.05, 3.63) is 0 Å². The van der Waals surface area contributed by atoms with E-state index in [0.717, 1.165) is 0 Å². The van der Waals surface area contributed by atoms with Gasteiger partial charge in [0.05, 0.1) is 0 Å². The Morgan fingerprint density at radius 1 is 1.80 bits per heavy atom. The molecule has 4 heteroatoms. The monoisotopic (exact) mass is 184 g/mol. The summed E-state index contributed by atoms with van der Waals surface area (Å²) < 4.78 is 0. The van der Waals surface area contributed by atoms with Crippen molar-refractivity contribution in [2.75, 3.05) is 0 Å². The predicted molar refractivity (Wildman–Crippen MR) is 15.4 cm³/mol. The maximum Gasteiger partial charge on any atom is 1.00 e. The van der Waals surface area contributed by atoms with Crippen molar-refractivity contribution < 1.29 is 32.3 Å². The first-order valence-electron chi connectivity index (χ1n) is 0.632. The molecule has 0 aliphatic carbocycles. The Morgan fingerprint density at radius 2 is 1.80 bits per heavy atom. The summed E-state index contributed by atoms with van der Waals surface area (Å²) in [6, 6.07) is 0. The zero-order valence-electron chi connectivity index (χ0n) is 2.07. The van der Waals surface area contributed by atoms with Gasteiger partial charge in [0, 0.05) is 0 Å². The van der Waals surface area contributed by atoms with Crippen LogP contribution in [-0.2, 0) is 35.0 Å². The SMILES string of the molecule is O=C(O)[S-].[Ag+]. The molecule has 2 nitrogen and oxygen atoms in total. The van der Waals surface area contributed by atoms with Gasteiger partial charge in [0.25, 0.3) is 0 Å². The Bertz CT molecular complexity index is 32.6. The van der Waals surface area contributed by atoms with Crippen molar-refractivity contribution in [1.82, 2.24) is 0 Å². The van der Waals surface area contributed by atoms with Crippen LogP contribution < -0.4 is 0 Å². The largest absolute Gasteiger partial charge is 1.00 e. The van der Waals surface area contributed by atoms with Crippen LogP contribution in [0.3, 0.4) is 0 Å². The average Bonchev–Trinajstić information content (AvgIpc) is 0.811. The molecule has 0 aromatic rings. The molecule has 0 amide bonds. The maximum atomic E-state index is 8.81. The van der Waals surface area contributed by atoms with Gasteiger partial charge in [-0.1, -0.05) is 0 Å². The zero-order valence-corrected chi connectivity index (χ0v) is 4.36. The van der Waals surface area contributed by atoms with Crippen LogP contribution in [0.5, 0.6) is 0 Å². The molecule has 0 saturated heterocycles. The molecule has 0 radical (unpaired) electrons. The summed E-state index contributed by atoms with van der Waals surface area (Å²) in [5.41, 5.74) is 0. The second-order valence-electron chi connectivity index (χ2n) is 0.266. The molecular weight excluding hydrogens is 184 g/mol. The van der Waals surface area contributed by atoms with Gasteiger partial charge in [-0.25, -0.2) is 0 Å². The van der Waals surface area contributed by atoms with Gasteiger partial charge in [0.15, 0.2) is 5.30 Å². The van der Waals surface area contributed by atoms with E-state index in [0.29, 0.717) is 0 Å². The second-order valence-corrected chi connectivity index (χ2v) is 0.615. The zero-order chi connectivity index (χ0) is 3.58. The summed E-state index contributed by atoms with van der Waals surface area (Å²) in [5, 5.41) is 5.98. The number of carboxylic acid groups (broad SMARTS) is 1. The Labute approximate surface area is 50.5 Å². The molecule has 34 valence electrons. The molecule has 0 heterocycles. The molecule has 0 aromatic carbocycles. The topological polar surface area (TPSA) is 37.3 Å². The molecule has 0 saturated carbocycles. The first-order valence-corrected chi connectivity index (χ1v) is 1.04. The first-order chi connectivity index (χ1) is 1.73. The third-order valence-electron chi connectivity index (χ3n) is 0. The van der Waals surface area contributed by atoms with Crippen LogP contribution in [0.4, 0.5) is 4.79 Å². The molecule has 0 aliphatic heterocycles. The van der Waals surface area contributed by atoms with Crippen molar-refractivity contribution in [2.24, 2.45) is 0 Å². The number of carbonyl (C=O) groups is 1. The quantitative estimate of drug-likeness (QED) is 0.432. The van der Waals surface area contributed by atoms with E-state index in [-0.39, 0.29) is 22.4 Å². The van der Waals surface area contributed by atoms with Crippen molar-refractivity contribution >= 4 is 17.9 Å². The number of hydrogen-bond donors (Lipinski definition) is 1. The van der Waals surface area contributed by atoms with E-state index >= 15 is 0 Å². The average molecular weight is 185 g/mol. The fourth-order valence-corrected chi connectivity index (χ4v) is 0. The maximum absolute atomic E-state index is 8.81. The first kappa shape index (κ1) is 9.06. The summed E-state index contributed by atoms with van der Waals surface area (Å²) >= 11 is 3.54. The van der Waals surface area contributed by atoms with Crippen LogP contribution in [0.15, 0.2) is 0 Å². The van der Waals surface area contributed by atoms with Crippen molar-refractivity contribution in [3.8, 4) is 0 Å². The molecule has 0 aromatic heterocycles. The standard InChI is InChI=1S/CH2O2S.Ag/c2-1(3)4;/h4H,(H,2,3);/q;+1/p-1. The van der Waals surface area contributed by atoms with Gasteiger partial charge in [-0.2, -0.15) is 0 Å². The molecule has 0 rings (SSSR count). The minimum absolute atomic E-state index is 0. The molecule has 1 N–H and O–H groups in total. The summed E-state index contributed by atoms with van der Waals surface area (Å²) in [5.74, 6) is 0. The van der Waals surface area contributed by atoms with Crippen LogP contribution in [0.25, 0.3) is 0 Å². The molecule has 0 aliphatic rings. The third kappa shape index (κ3) is 141. The van der Waals surface area contributed by atoms with Gasteiger partial charge in [0.1, 0.15) is 0 Å². The molecular formula is CHAgO2S. The minimum Gasteiger partial charge on any atom is -0.698 e. The Balaban J connectivity index is 0. The molecule has 0 bridgehead atoms. The van der Waals surface area contributed by atoms with E-state index in [9.17, 15) is 0 Å². The fourth-order valence-electron chi connectivity index (χ4n) is 0. The van der Waals surface area contributed by atoms with Gasteiger partial charge in [-0.05, 0) is 0 Å². The van der Waals surface area contributed by atoms with Gasteiger partial charge in [-0.15, -0.1) is 0 Å². The number of rotatable bonds is 0. The van der Waals surface area contributed by atoms with E-state index in [2.05, 4.69) is 12.6 Å². The van der Waals surface area contributed by atoms with Crippen LogP contribution in [0, 0.1) is 0 Å². The fraction of sp³-hybridized carbons (Fsp3) is 0. The van der Waals surface area contributed by atoms with Crippen LogP contribution in [0.2, 0.25) is 0 Å². The van der Waals surface area contributed by atoms with E-state index in [1.54, 1.807) is 0 Å². The summed E-state index contributed by atoms with van der Waals surface area (Å²) in [4.78, 5) is 8.81. The minimum atomic E-state index is -1.25. The van der Waals surface area contributed by atoms with E-state index < -0.39 is 5.30 Å². The van der Waals surface area contributed by atoms with E-state index in [1.807, 2.05) is 0 Å². The van der Waals surface area contributed by atoms with Crippen LogP contribution in [-0.4, -0.2) is 10.4 Å². The molecule has 0 unspecified atom stereocenters. The summed E-state index contributed by atoms with van der Waals surface area (Å²) in [7, 11) is 0.